The minimum absolute atomic E-state index is 0.0567. The Morgan fingerprint density at radius 2 is 2.25 bits per heavy atom. The molecule has 0 aromatic carbocycles. The quantitative estimate of drug-likeness (QED) is 0.741. The lowest BCUT2D eigenvalue weighted by Gasteiger charge is -2.31. The number of amides is 1. The van der Waals surface area contributed by atoms with E-state index < -0.39 is 11.7 Å². The Morgan fingerprint density at radius 3 is 2.81 bits per heavy atom. The highest BCUT2D eigenvalue weighted by Crippen LogP contribution is 2.15. The van der Waals surface area contributed by atoms with Gasteiger partial charge in [0, 0.05) is 19.1 Å². The number of hydrogen-bond acceptors (Lipinski definition) is 4. The summed E-state index contributed by atoms with van der Waals surface area (Å²) in [7, 11) is 0. The summed E-state index contributed by atoms with van der Waals surface area (Å²) < 4.78 is 10.4. The Kier molecular flexibility index (Phi) is 4.56. The summed E-state index contributed by atoms with van der Waals surface area (Å²) in [5.74, 6) is 0.0567. The summed E-state index contributed by atoms with van der Waals surface area (Å²) in [6.45, 7) is 6.57. The van der Waals surface area contributed by atoms with E-state index in [0.29, 0.717) is 13.2 Å². The SMILES string of the molecule is CC(C)(C)OC(=O)N[C@@H]1COCC[C@H]1CO. The second-order valence-corrected chi connectivity index (χ2v) is 5.06. The molecule has 0 bridgehead atoms. The molecular formula is C11H21NO4. The zero-order chi connectivity index (χ0) is 12.2. The summed E-state index contributed by atoms with van der Waals surface area (Å²) in [6, 6.07) is -0.159. The van der Waals surface area contributed by atoms with Gasteiger partial charge in [0.05, 0.1) is 12.6 Å². The molecule has 94 valence electrons. The molecule has 1 aliphatic heterocycles. The average molecular weight is 231 g/mol. The third-order valence-corrected chi connectivity index (χ3v) is 2.44. The second-order valence-electron chi connectivity index (χ2n) is 5.06. The van der Waals surface area contributed by atoms with Gasteiger partial charge in [0.1, 0.15) is 5.60 Å². The van der Waals surface area contributed by atoms with Crippen molar-refractivity contribution in [1.82, 2.24) is 5.32 Å². The molecule has 16 heavy (non-hydrogen) atoms. The van der Waals surface area contributed by atoms with Crippen LogP contribution in [0.1, 0.15) is 27.2 Å². The summed E-state index contributed by atoms with van der Waals surface area (Å²) in [6.07, 6.45) is 0.304. The van der Waals surface area contributed by atoms with Crippen molar-refractivity contribution in [2.75, 3.05) is 19.8 Å². The lowest BCUT2D eigenvalue weighted by atomic mass is 9.96. The number of carbonyl (C=O) groups excluding carboxylic acids is 1. The van der Waals surface area contributed by atoms with Crippen LogP contribution in [0.4, 0.5) is 4.79 Å². The molecule has 1 rings (SSSR count). The molecule has 0 aromatic heterocycles. The van der Waals surface area contributed by atoms with Gasteiger partial charge in [-0.05, 0) is 27.2 Å². The molecule has 2 N–H and O–H groups in total. The molecule has 1 fully saturated rings. The topological polar surface area (TPSA) is 67.8 Å². The third kappa shape index (κ3) is 4.37. The predicted octanol–water partition coefficient (Wildman–Crippen LogP) is 0.908. The molecule has 5 nitrogen and oxygen atoms in total. The molecule has 1 saturated heterocycles. The average Bonchev–Trinajstić information content (AvgIpc) is 2.15. The van der Waals surface area contributed by atoms with Gasteiger partial charge in [-0.1, -0.05) is 0 Å². The van der Waals surface area contributed by atoms with Crippen molar-refractivity contribution in [2.24, 2.45) is 5.92 Å². The van der Waals surface area contributed by atoms with Crippen molar-refractivity contribution < 1.29 is 19.4 Å². The van der Waals surface area contributed by atoms with E-state index in [1.807, 2.05) is 20.8 Å². The first kappa shape index (κ1) is 13.3. The first-order chi connectivity index (χ1) is 7.42. The minimum atomic E-state index is -0.506. The van der Waals surface area contributed by atoms with Gasteiger partial charge in [0.2, 0.25) is 0 Å². The van der Waals surface area contributed by atoms with Gasteiger partial charge in [-0.25, -0.2) is 4.79 Å². The van der Waals surface area contributed by atoms with Crippen LogP contribution < -0.4 is 5.32 Å². The van der Waals surface area contributed by atoms with Crippen LogP contribution in [-0.4, -0.2) is 42.7 Å². The van der Waals surface area contributed by atoms with Crippen LogP contribution in [0.3, 0.4) is 0 Å². The number of hydrogen-bond donors (Lipinski definition) is 2. The Morgan fingerprint density at radius 1 is 1.56 bits per heavy atom. The van der Waals surface area contributed by atoms with E-state index in [2.05, 4.69) is 5.32 Å². The molecule has 0 aromatic rings. The van der Waals surface area contributed by atoms with Gasteiger partial charge in [0.15, 0.2) is 0 Å². The highest BCUT2D eigenvalue weighted by molar-refractivity contribution is 5.68. The Balaban J connectivity index is 2.42. The maximum atomic E-state index is 11.5. The molecule has 0 aliphatic carbocycles. The fourth-order valence-corrected chi connectivity index (χ4v) is 1.62. The number of alkyl carbamates (subject to hydrolysis) is 1. The number of ether oxygens (including phenoxy) is 2. The van der Waals surface area contributed by atoms with E-state index in [1.165, 1.54) is 0 Å². The van der Waals surface area contributed by atoms with Crippen molar-refractivity contribution >= 4 is 6.09 Å². The summed E-state index contributed by atoms with van der Waals surface area (Å²) in [4.78, 5) is 11.5. The van der Waals surface area contributed by atoms with E-state index >= 15 is 0 Å². The van der Waals surface area contributed by atoms with Gasteiger partial charge in [0.25, 0.3) is 0 Å². The van der Waals surface area contributed by atoms with E-state index in [4.69, 9.17) is 14.6 Å². The highest BCUT2D eigenvalue weighted by atomic mass is 16.6. The van der Waals surface area contributed by atoms with Gasteiger partial charge in [-0.2, -0.15) is 0 Å². The van der Waals surface area contributed by atoms with Crippen LogP contribution >= 0.6 is 0 Å². The lowest BCUT2D eigenvalue weighted by molar-refractivity contribution is 0.00462. The number of carbonyl (C=O) groups is 1. The maximum absolute atomic E-state index is 11.5. The summed E-state index contributed by atoms with van der Waals surface area (Å²) in [5.41, 5.74) is -0.506. The first-order valence-corrected chi connectivity index (χ1v) is 5.60. The Hall–Kier alpha value is -0.810. The van der Waals surface area contributed by atoms with Gasteiger partial charge < -0.3 is 19.9 Å². The number of rotatable bonds is 2. The van der Waals surface area contributed by atoms with E-state index in [9.17, 15) is 4.79 Å². The van der Waals surface area contributed by atoms with E-state index in [-0.39, 0.29) is 18.6 Å². The smallest absolute Gasteiger partial charge is 0.407 e. The first-order valence-electron chi connectivity index (χ1n) is 5.60. The zero-order valence-corrected chi connectivity index (χ0v) is 10.2. The van der Waals surface area contributed by atoms with Crippen LogP contribution in [0.15, 0.2) is 0 Å². The van der Waals surface area contributed by atoms with Gasteiger partial charge in [-0.3, -0.25) is 0 Å². The fourth-order valence-electron chi connectivity index (χ4n) is 1.62. The molecule has 1 amide bonds. The summed E-state index contributed by atoms with van der Waals surface area (Å²) >= 11 is 0. The predicted molar refractivity (Wildman–Crippen MR) is 59.2 cm³/mol. The maximum Gasteiger partial charge on any atom is 0.407 e. The van der Waals surface area contributed by atoms with E-state index in [0.717, 1.165) is 6.42 Å². The van der Waals surface area contributed by atoms with Crippen LogP contribution in [0.25, 0.3) is 0 Å². The number of aliphatic hydroxyl groups excluding tert-OH is 1. The Labute approximate surface area is 96.1 Å². The van der Waals surface area contributed by atoms with E-state index in [1.54, 1.807) is 0 Å². The molecule has 0 radical (unpaired) electrons. The normalized spacial score (nSPS) is 26.2. The molecule has 2 atom stereocenters. The van der Waals surface area contributed by atoms with Gasteiger partial charge >= 0.3 is 6.09 Å². The molecule has 0 unspecified atom stereocenters. The van der Waals surface area contributed by atoms with Gasteiger partial charge in [-0.15, -0.1) is 0 Å². The Bertz CT molecular complexity index is 237. The standard InChI is InChI=1S/C11H21NO4/c1-11(2,3)16-10(14)12-9-7-15-5-4-8(9)6-13/h8-9,13H,4-7H2,1-3H3,(H,12,14)/t8-,9+/m0/s1. The molecule has 5 heteroatoms. The highest BCUT2D eigenvalue weighted by Gasteiger charge is 2.28. The lowest BCUT2D eigenvalue weighted by Crippen LogP contribution is -2.49. The van der Waals surface area contributed by atoms with Crippen LogP contribution in [0, 0.1) is 5.92 Å². The number of aliphatic hydroxyl groups is 1. The van der Waals surface area contributed by atoms with Crippen LogP contribution in [-0.2, 0) is 9.47 Å². The van der Waals surface area contributed by atoms with Crippen molar-refractivity contribution in [1.29, 1.82) is 0 Å². The molecule has 1 heterocycles. The summed E-state index contributed by atoms with van der Waals surface area (Å²) in [5, 5.41) is 11.9. The molecular weight excluding hydrogens is 210 g/mol. The van der Waals surface area contributed by atoms with Crippen molar-refractivity contribution in [3.05, 3.63) is 0 Å². The minimum Gasteiger partial charge on any atom is -0.444 e. The monoisotopic (exact) mass is 231 g/mol. The molecule has 0 spiro atoms. The zero-order valence-electron chi connectivity index (χ0n) is 10.2. The fraction of sp³-hybridized carbons (Fsp3) is 0.909. The second kappa shape index (κ2) is 5.50. The number of nitrogens with one attached hydrogen (secondary N) is 1. The van der Waals surface area contributed by atoms with Crippen LogP contribution in [0.2, 0.25) is 0 Å². The van der Waals surface area contributed by atoms with Crippen molar-refractivity contribution in [2.45, 2.75) is 38.8 Å². The molecule has 1 aliphatic rings. The van der Waals surface area contributed by atoms with Crippen molar-refractivity contribution in [3.63, 3.8) is 0 Å². The van der Waals surface area contributed by atoms with Crippen molar-refractivity contribution in [3.8, 4) is 0 Å². The third-order valence-electron chi connectivity index (χ3n) is 2.44. The van der Waals surface area contributed by atoms with Crippen LogP contribution in [0.5, 0.6) is 0 Å². The largest absolute Gasteiger partial charge is 0.444 e. The molecule has 0 saturated carbocycles.